The molecule has 0 atom stereocenters. The summed E-state index contributed by atoms with van der Waals surface area (Å²) in [4.78, 5) is 14.8. The van der Waals surface area contributed by atoms with E-state index in [0.29, 0.717) is 11.5 Å². The highest BCUT2D eigenvalue weighted by atomic mass is 35.5. The number of oxazole rings is 1. The van der Waals surface area contributed by atoms with Crippen molar-refractivity contribution in [2.45, 2.75) is 0 Å². The molecular weight excluding hydrogens is 202 g/mol. The summed E-state index contributed by atoms with van der Waals surface area (Å²) in [5, 5.41) is -0.488. The molecule has 0 spiro atoms. The van der Waals surface area contributed by atoms with Crippen molar-refractivity contribution in [2.75, 3.05) is 0 Å². The zero-order valence-corrected chi connectivity index (χ0v) is 7.86. The van der Waals surface area contributed by atoms with Crippen LogP contribution in [0.15, 0.2) is 41.1 Å². The Kier molecular flexibility index (Phi) is 2.33. The van der Waals surface area contributed by atoms with E-state index in [0.717, 1.165) is 5.56 Å². The number of halogens is 1. The summed E-state index contributed by atoms with van der Waals surface area (Å²) in [6, 6.07) is 6.81. The first kappa shape index (κ1) is 8.97. The molecule has 1 aromatic carbocycles. The first-order valence-corrected chi connectivity index (χ1v) is 4.35. The van der Waals surface area contributed by atoms with Crippen molar-refractivity contribution in [1.82, 2.24) is 4.98 Å². The molecule has 0 saturated carbocycles. The fourth-order valence-electron chi connectivity index (χ4n) is 1.14. The Labute approximate surface area is 85.3 Å². The second-order valence-corrected chi connectivity index (χ2v) is 3.04. The molecule has 0 aliphatic rings. The van der Waals surface area contributed by atoms with Crippen molar-refractivity contribution in [3.8, 4) is 11.5 Å². The van der Waals surface area contributed by atoms with Crippen molar-refractivity contribution < 1.29 is 9.21 Å². The van der Waals surface area contributed by atoms with Crippen molar-refractivity contribution >= 4 is 16.8 Å². The molecule has 3 nitrogen and oxygen atoms in total. The average Bonchev–Trinajstić information content (AvgIpc) is 2.71. The highest BCUT2D eigenvalue weighted by molar-refractivity contribution is 6.67. The minimum atomic E-state index is -0.488. The fraction of sp³-hybridized carbons (Fsp3) is 0. The van der Waals surface area contributed by atoms with Gasteiger partial charge in [-0.2, -0.15) is 0 Å². The molecule has 4 heteroatoms. The van der Waals surface area contributed by atoms with Gasteiger partial charge >= 0.3 is 0 Å². The second kappa shape index (κ2) is 3.64. The molecule has 14 heavy (non-hydrogen) atoms. The van der Waals surface area contributed by atoms with Gasteiger partial charge in [-0.1, -0.05) is 12.1 Å². The maximum absolute atomic E-state index is 10.9. The van der Waals surface area contributed by atoms with Gasteiger partial charge in [-0.05, 0) is 23.7 Å². The minimum absolute atomic E-state index is 0.433. The standard InChI is InChI=1S/C10H6ClNO2/c11-9(13)7-2-1-3-8(6-7)10-12-4-5-14-10/h1-6H. The third-order valence-corrected chi connectivity index (χ3v) is 1.99. The van der Waals surface area contributed by atoms with E-state index >= 15 is 0 Å². The molecule has 0 radical (unpaired) electrons. The number of rotatable bonds is 2. The number of hydrogen-bond donors (Lipinski definition) is 0. The van der Waals surface area contributed by atoms with Crippen LogP contribution in [-0.4, -0.2) is 10.2 Å². The van der Waals surface area contributed by atoms with E-state index in [1.54, 1.807) is 30.5 Å². The van der Waals surface area contributed by atoms with E-state index in [2.05, 4.69) is 4.98 Å². The molecule has 0 saturated heterocycles. The van der Waals surface area contributed by atoms with Crippen LogP contribution in [-0.2, 0) is 0 Å². The Bertz CT molecular complexity index is 451. The monoisotopic (exact) mass is 207 g/mol. The lowest BCUT2D eigenvalue weighted by molar-refractivity contribution is 0.108. The predicted molar refractivity (Wildman–Crippen MR) is 52.1 cm³/mol. The Hall–Kier alpha value is -1.61. The van der Waals surface area contributed by atoms with Gasteiger partial charge in [0.1, 0.15) is 6.26 Å². The molecule has 2 rings (SSSR count). The molecule has 0 fully saturated rings. The molecule has 1 heterocycles. The lowest BCUT2D eigenvalue weighted by atomic mass is 10.1. The SMILES string of the molecule is O=C(Cl)c1cccc(-c2ncco2)c1. The lowest BCUT2D eigenvalue weighted by Gasteiger charge is -1.97. The van der Waals surface area contributed by atoms with E-state index in [1.165, 1.54) is 6.26 Å². The summed E-state index contributed by atoms with van der Waals surface area (Å²) in [5.74, 6) is 0.477. The Balaban J connectivity index is 2.46. The first-order valence-electron chi connectivity index (χ1n) is 3.97. The summed E-state index contributed by atoms with van der Waals surface area (Å²) in [7, 11) is 0. The third kappa shape index (κ3) is 1.67. The van der Waals surface area contributed by atoms with Crippen LogP contribution in [0.3, 0.4) is 0 Å². The molecule has 70 valence electrons. The quantitative estimate of drug-likeness (QED) is 0.712. The van der Waals surface area contributed by atoms with E-state index in [-0.39, 0.29) is 0 Å². The maximum atomic E-state index is 10.9. The predicted octanol–water partition coefficient (Wildman–Crippen LogP) is 2.72. The highest BCUT2D eigenvalue weighted by Gasteiger charge is 2.06. The van der Waals surface area contributed by atoms with E-state index in [4.69, 9.17) is 16.0 Å². The average molecular weight is 208 g/mol. The lowest BCUT2D eigenvalue weighted by Crippen LogP contribution is -1.88. The molecule has 0 bridgehead atoms. The third-order valence-electron chi connectivity index (χ3n) is 1.77. The van der Waals surface area contributed by atoms with Gasteiger partial charge in [-0.3, -0.25) is 4.79 Å². The van der Waals surface area contributed by atoms with Crippen molar-refractivity contribution in [1.29, 1.82) is 0 Å². The number of aromatic nitrogens is 1. The van der Waals surface area contributed by atoms with Crippen molar-refractivity contribution in [2.24, 2.45) is 0 Å². The van der Waals surface area contributed by atoms with Crippen LogP contribution in [0, 0.1) is 0 Å². The van der Waals surface area contributed by atoms with E-state index < -0.39 is 5.24 Å². The number of hydrogen-bond acceptors (Lipinski definition) is 3. The van der Waals surface area contributed by atoms with E-state index in [9.17, 15) is 4.79 Å². The van der Waals surface area contributed by atoms with Crippen molar-refractivity contribution in [3.05, 3.63) is 42.3 Å². The molecule has 0 unspecified atom stereocenters. The van der Waals surface area contributed by atoms with Gasteiger partial charge in [0.2, 0.25) is 5.89 Å². The molecule has 0 amide bonds. The number of benzene rings is 1. The Morgan fingerprint density at radius 3 is 2.93 bits per heavy atom. The van der Waals surface area contributed by atoms with Crippen LogP contribution in [0.2, 0.25) is 0 Å². The topological polar surface area (TPSA) is 43.1 Å². The van der Waals surface area contributed by atoms with Gasteiger partial charge in [0.05, 0.1) is 6.20 Å². The Morgan fingerprint density at radius 2 is 2.29 bits per heavy atom. The molecule has 2 aromatic rings. The van der Waals surface area contributed by atoms with Crippen LogP contribution in [0.25, 0.3) is 11.5 Å². The molecular formula is C10H6ClNO2. The largest absolute Gasteiger partial charge is 0.445 e. The fourth-order valence-corrected chi connectivity index (χ4v) is 1.26. The minimum Gasteiger partial charge on any atom is -0.445 e. The van der Waals surface area contributed by atoms with Crippen LogP contribution in [0.4, 0.5) is 0 Å². The van der Waals surface area contributed by atoms with Gasteiger partial charge in [-0.15, -0.1) is 0 Å². The summed E-state index contributed by atoms with van der Waals surface area (Å²) in [6.07, 6.45) is 3.02. The maximum Gasteiger partial charge on any atom is 0.252 e. The second-order valence-electron chi connectivity index (χ2n) is 2.69. The molecule has 1 aromatic heterocycles. The van der Waals surface area contributed by atoms with Gasteiger partial charge in [-0.25, -0.2) is 4.98 Å². The van der Waals surface area contributed by atoms with Crippen LogP contribution < -0.4 is 0 Å². The van der Waals surface area contributed by atoms with Crippen LogP contribution in [0.1, 0.15) is 10.4 Å². The molecule has 0 N–H and O–H groups in total. The number of nitrogens with zero attached hydrogens (tertiary/aromatic N) is 1. The van der Waals surface area contributed by atoms with Crippen molar-refractivity contribution in [3.63, 3.8) is 0 Å². The number of carbonyl (C=O) groups excluding carboxylic acids is 1. The summed E-state index contributed by atoms with van der Waals surface area (Å²) in [6.45, 7) is 0. The molecule has 0 aliphatic heterocycles. The summed E-state index contributed by atoms with van der Waals surface area (Å²) >= 11 is 5.35. The van der Waals surface area contributed by atoms with Gasteiger partial charge in [0.25, 0.3) is 5.24 Å². The van der Waals surface area contributed by atoms with Crippen LogP contribution >= 0.6 is 11.6 Å². The van der Waals surface area contributed by atoms with E-state index in [1.807, 2.05) is 0 Å². The summed E-state index contributed by atoms with van der Waals surface area (Å²) < 4.78 is 5.09. The van der Waals surface area contributed by atoms with Gasteiger partial charge in [0, 0.05) is 11.1 Å². The highest BCUT2D eigenvalue weighted by Crippen LogP contribution is 2.18. The van der Waals surface area contributed by atoms with Crippen LogP contribution in [0.5, 0.6) is 0 Å². The first-order chi connectivity index (χ1) is 6.77. The number of carbonyl (C=O) groups is 1. The smallest absolute Gasteiger partial charge is 0.252 e. The normalized spacial score (nSPS) is 10.1. The summed E-state index contributed by atoms with van der Waals surface area (Å²) in [5.41, 5.74) is 1.17. The van der Waals surface area contributed by atoms with Gasteiger partial charge in [0.15, 0.2) is 0 Å². The zero-order chi connectivity index (χ0) is 9.97. The zero-order valence-electron chi connectivity index (χ0n) is 7.11. The van der Waals surface area contributed by atoms with Gasteiger partial charge < -0.3 is 4.42 Å². The molecule has 0 aliphatic carbocycles. The Morgan fingerprint density at radius 1 is 1.43 bits per heavy atom.